The standard InChI is InChI=1S/C16H16ClFIN/c1-3-20-16(11-5-4-10(2)14(17)8-11)13-7-6-12(18)9-15(13)19/h4-9,16,20H,3H2,1-2H3. The van der Waals surface area contributed by atoms with Crippen LogP contribution in [0.25, 0.3) is 0 Å². The first-order chi connectivity index (χ1) is 9.52. The lowest BCUT2D eigenvalue weighted by Gasteiger charge is -2.21. The van der Waals surface area contributed by atoms with Crippen molar-refractivity contribution in [2.24, 2.45) is 0 Å². The van der Waals surface area contributed by atoms with Crippen molar-refractivity contribution < 1.29 is 4.39 Å². The molecule has 0 bridgehead atoms. The zero-order valence-corrected chi connectivity index (χ0v) is 14.3. The van der Waals surface area contributed by atoms with Gasteiger partial charge in [0.05, 0.1) is 6.04 Å². The van der Waals surface area contributed by atoms with Crippen LogP contribution in [-0.2, 0) is 0 Å². The Morgan fingerprint density at radius 3 is 2.60 bits per heavy atom. The molecule has 2 rings (SSSR count). The van der Waals surface area contributed by atoms with Crippen LogP contribution >= 0.6 is 34.2 Å². The number of halogens is 3. The van der Waals surface area contributed by atoms with E-state index < -0.39 is 0 Å². The average molecular weight is 404 g/mol. The molecule has 2 aromatic rings. The molecule has 0 aromatic heterocycles. The Hall–Kier alpha value is -0.650. The second-order valence-electron chi connectivity index (χ2n) is 4.67. The molecule has 0 saturated carbocycles. The summed E-state index contributed by atoms with van der Waals surface area (Å²) in [7, 11) is 0. The van der Waals surface area contributed by atoms with Crippen LogP contribution in [0.15, 0.2) is 36.4 Å². The fourth-order valence-electron chi connectivity index (χ4n) is 2.14. The minimum Gasteiger partial charge on any atom is -0.306 e. The van der Waals surface area contributed by atoms with Gasteiger partial charge in [0, 0.05) is 8.59 Å². The van der Waals surface area contributed by atoms with Gasteiger partial charge < -0.3 is 5.32 Å². The van der Waals surface area contributed by atoms with E-state index >= 15 is 0 Å². The highest BCUT2D eigenvalue weighted by Gasteiger charge is 2.17. The van der Waals surface area contributed by atoms with Crippen LogP contribution in [-0.4, -0.2) is 6.54 Å². The van der Waals surface area contributed by atoms with Crippen molar-refractivity contribution in [1.82, 2.24) is 5.32 Å². The molecule has 106 valence electrons. The molecule has 4 heteroatoms. The van der Waals surface area contributed by atoms with Crippen molar-refractivity contribution in [3.05, 3.63) is 67.5 Å². The minimum atomic E-state index is -0.213. The predicted molar refractivity (Wildman–Crippen MR) is 90.8 cm³/mol. The van der Waals surface area contributed by atoms with Gasteiger partial charge in [-0.05, 0) is 70.9 Å². The van der Waals surface area contributed by atoms with Gasteiger partial charge in [0.2, 0.25) is 0 Å². The normalized spacial score (nSPS) is 12.4. The Kier molecular flexibility index (Phi) is 5.41. The molecule has 0 saturated heterocycles. The van der Waals surface area contributed by atoms with Gasteiger partial charge in [-0.2, -0.15) is 0 Å². The van der Waals surface area contributed by atoms with E-state index in [1.807, 2.05) is 25.1 Å². The number of aryl methyl sites for hydroxylation is 1. The maximum absolute atomic E-state index is 13.3. The molecule has 0 fully saturated rings. The molecule has 0 amide bonds. The van der Waals surface area contributed by atoms with Gasteiger partial charge in [0.15, 0.2) is 0 Å². The highest BCUT2D eigenvalue weighted by atomic mass is 127. The number of hydrogen-bond acceptors (Lipinski definition) is 1. The van der Waals surface area contributed by atoms with Crippen LogP contribution in [0.5, 0.6) is 0 Å². The van der Waals surface area contributed by atoms with E-state index in [4.69, 9.17) is 11.6 Å². The van der Waals surface area contributed by atoms with Gasteiger partial charge in [-0.25, -0.2) is 4.39 Å². The van der Waals surface area contributed by atoms with Crippen LogP contribution in [0, 0.1) is 16.3 Å². The first-order valence-corrected chi connectivity index (χ1v) is 7.93. The molecule has 20 heavy (non-hydrogen) atoms. The molecule has 2 aromatic carbocycles. The van der Waals surface area contributed by atoms with Crippen molar-refractivity contribution in [3.63, 3.8) is 0 Å². The first kappa shape index (κ1) is 15.7. The smallest absolute Gasteiger partial charge is 0.124 e. The summed E-state index contributed by atoms with van der Waals surface area (Å²) in [4.78, 5) is 0. The Morgan fingerprint density at radius 2 is 2.00 bits per heavy atom. The summed E-state index contributed by atoms with van der Waals surface area (Å²) in [5, 5.41) is 4.19. The first-order valence-electron chi connectivity index (χ1n) is 6.47. The van der Waals surface area contributed by atoms with E-state index in [0.29, 0.717) is 0 Å². The van der Waals surface area contributed by atoms with Crippen LogP contribution in [0.1, 0.15) is 29.7 Å². The van der Waals surface area contributed by atoms with E-state index in [9.17, 15) is 4.39 Å². The van der Waals surface area contributed by atoms with Crippen LogP contribution < -0.4 is 5.32 Å². The monoisotopic (exact) mass is 403 g/mol. The summed E-state index contributed by atoms with van der Waals surface area (Å²) in [5.41, 5.74) is 3.21. The Morgan fingerprint density at radius 1 is 1.25 bits per heavy atom. The molecule has 1 atom stereocenters. The van der Waals surface area contributed by atoms with Gasteiger partial charge >= 0.3 is 0 Å². The average Bonchev–Trinajstić information content (AvgIpc) is 2.40. The Labute approximate surface area is 137 Å². The summed E-state index contributed by atoms with van der Waals surface area (Å²) in [6.45, 7) is 4.86. The van der Waals surface area contributed by atoms with E-state index in [-0.39, 0.29) is 11.9 Å². The lowest BCUT2D eigenvalue weighted by molar-refractivity contribution is 0.610. The van der Waals surface area contributed by atoms with E-state index in [1.54, 1.807) is 6.07 Å². The zero-order valence-electron chi connectivity index (χ0n) is 11.4. The molecule has 0 heterocycles. The van der Waals surface area contributed by atoms with E-state index in [0.717, 1.165) is 31.8 Å². The lowest BCUT2D eigenvalue weighted by Crippen LogP contribution is -2.23. The molecule has 0 aliphatic carbocycles. The highest BCUT2D eigenvalue weighted by Crippen LogP contribution is 2.29. The molecule has 1 nitrogen and oxygen atoms in total. The fourth-order valence-corrected chi connectivity index (χ4v) is 3.11. The lowest BCUT2D eigenvalue weighted by atomic mass is 9.97. The van der Waals surface area contributed by atoms with Gasteiger partial charge in [0.25, 0.3) is 0 Å². The second kappa shape index (κ2) is 6.87. The van der Waals surface area contributed by atoms with Crippen molar-refractivity contribution in [3.8, 4) is 0 Å². The summed E-state index contributed by atoms with van der Waals surface area (Å²) in [6, 6.07) is 11.0. The molecular formula is C16H16ClFIN. The number of benzene rings is 2. The Balaban J connectivity index is 2.47. The third-order valence-electron chi connectivity index (χ3n) is 3.21. The molecule has 0 spiro atoms. The zero-order chi connectivity index (χ0) is 14.7. The van der Waals surface area contributed by atoms with Gasteiger partial charge in [-0.3, -0.25) is 0 Å². The van der Waals surface area contributed by atoms with Crippen molar-refractivity contribution in [1.29, 1.82) is 0 Å². The van der Waals surface area contributed by atoms with E-state index in [2.05, 4.69) is 40.9 Å². The maximum atomic E-state index is 13.3. The second-order valence-corrected chi connectivity index (χ2v) is 6.23. The van der Waals surface area contributed by atoms with Gasteiger partial charge in [-0.15, -0.1) is 0 Å². The quantitative estimate of drug-likeness (QED) is 0.701. The minimum absolute atomic E-state index is 0.0191. The summed E-state index contributed by atoms with van der Waals surface area (Å²) < 4.78 is 14.2. The van der Waals surface area contributed by atoms with Crippen molar-refractivity contribution >= 4 is 34.2 Å². The van der Waals surface area contributed by atoms with Crippen LogP contribution in [0.2, 0.25) is 5.02 Å². The third-order valence-corrected chi connectivity index (χ3v) is 4.55. The number of rotatable bonds is 4. The molecule has 0 aliphatic rings. The summed E-state index contributed by atoms with van der Waals surface area (Å²) in [6.07, 6.45) is 0. The number of hydrogen-bond donors (Lipinski definition) is 1. The summed E-state index contributed by atoms with van der Waals surface area (Å²) >= 11 is 8.39. The molecule has 0 radical (unpaired) electrons. The van der Waals surface area contributed by atoms with Gasteiger partial charge in [-0.1, -0.05) is 36.7 Å². The predicted octanol–water partition coefficient (Wildman–Crippen LogP) is 5.09. The molecule has 0 aliphatic heterocycles. The van der Waals surface area contributed by atoms with E-state index in [1.165, 1.54) is 6.07 Å². The van der Waals surface area contributed by atoms with Crippen molar-refractivity contribution in [2.75, 3.05) is 6.54 Å². The van der Waals surface area contributed by atoms with Gasteiger partial charge in [0.1, 0.15) is 5.82 Å². The molecule has 1 N–H and O–H groups in total. The maximum Gasteiger partial charge on any atom is 0.124 e. The van der Waals surface area contributed by atoms with Crippen LogP contribution in [0.4, 0.5) is 4.39 Å². The van der Waals surface area contributed by atoms with Crippen LogP contribution in [0.3, 0.4) is 0 Å². The Bertz CT molecular complexity index is 615. The fraction of sp³-hybridized carbons (Fsp3) is 0.250. The topological polar surface area (TPSA) is 12.0 Å². The molecular weight excluding hydrogens is 388 g/mol. The third kappa shape index (κ3) is 3.51. The largest absolute Gasteiger partial charge is 0.306 e. The molecule has 1 unspecified atom stereocenters. The number of nitrogens with one attached hydrogen (secondary N) is 1. The van der Waals surface area contributed by atoms with Crippen molar-refractivity contribution in [2.45, 2.75) is 19.9 Å². The SMILES string of the molecule is CCNC(c1ccc(C)c(Cl)c1)c1ccc(F)cc1I. The highest BCUT2D eigenvalue weighted by molar-refractivity contribution is 14.1. The summed E-state index contributed by atoms with van der Waals surface area (Å²) in [5.74, 6) is -0.213.